The first-order valence-corrected chi connectivity index (χ1v) is 6.98. The Bertz CT molecular complexity index is 582. The minimum atomic E-state index is 0.512. The van der Waals surface area contributed by atoms with Gasteiger partial charge >= 0.3 is 0 Å². The first-order valence-electron chi connectivity index (χ1n) is 6.98. The maximum absolute atomic E-state index is 10.7. The van der Waals surface area contributed by atoms with Crippen molar-refractivity contribution in [2.24, 2.45) is 5.18 Å². The van der Waals surface area contributed by atoms with Crippen LogP contribution >= 0.6 is 0 Å². The molecular weight excluding hydrogens is 238 g/mol. The number of hydrogen-bond acceptors (Lipinski definition) is 3. The van der Waals surface area contributed by atoms with E-state index in [9.17, 15) is 4.91 Å². The summed E-state index contributed by atoms with van der Waals surface area (Å²) in [6.45, 7) is 5.67. The molecule has 4 heteroatoms. The van der Waals surface area contributed by atoms with Gasteiger partial charge in [0.15, 0.2) is 0 Å². The number of benzene rings is 1. The molecule has 19 heavy (non-hydrogen) atoms. The standard InChI is InChI=1S/C15H19N3O/c1-2-17-8-6-14(7-9-17)18-10-5-12-3-4-13(16-19)11-15(12)18/h3-5,10-11,14H,2,6-9H2,1H3. The number of piperidine rings is 1. The topological polar surface area (TPSA) is 37.6 Å². The van der Waals surface area contributed by atoms with Gasteiger partial charge in [-0.25, -0.2) is 0 Å². The third kappa shape index (κ3) is 2.28. The quantitative estimate of drug-likeness (QED) is 0.786. The molecule has 0 saturated carbocycles. The number of fused-ring (bicyclic) bond motifs is 1. The molecule has 100 valence electrons. The Labute approximate surface area is 113 Å². The van der Waals surface area contributed by atoms with E-state index >= 15 is 0 Å². The summed E-state index contributed by atoms with van der Waals surface area (Å²) in [6, 6.07) is 8.32. The second-order valence-corrected chi connectivity index (χ2v) is 5.22. The van der Waals surface area contributed by atoms with Gasteiger partial charge in [-0.3, -0.25) is 0 Å². The van der Waals surface area contributed by atoms with Crippen molar-refractivity contribution in [3.63, 3.8) is 0 Å². The number of hydrogen-bond donors (Lipinski definition) is 0. The van der Waals surface area contributed by atoms with Crippen LogP contribution in [0, 0.1) is 4.91 Å². The van der Waals surface area contributed by atoms with Crippen LogP contribution in [0.4, 0.5) is 5.69 Å². The zero-order valence-corrected chi connectivity index (χ0v) is 11.2. The van der Waals surface area contributed by atoms with Gasteiger partial charge in [-0.1, -0.05) is 13.0 Å². The fraction of sp³-hybridized carbons (Fsp3) is 0.467. The van der Waals surface area contributed by atoms with E-state index in [1.165, 1.54) is 18.2 Å². The monoisotopic (exact) mass is 257 g/mol. The van der Waals surface area contributed by atoms with E-state index in [0.717, 1.165) is 25.2 Å². The lowest BCUT2D eigenvalue weighted by molar-refractivity contribution is 0.197. The van der Waals surface area contributed by atoms with Crippen LogP contribution in [0.15, 0.2) is 35.6 Å². The van der Waals surface area contributed by atoms with Crippen LogP contribution < -0.4 is 0 Å². The fourth-order valence-corrected chi connectivity index (χ4v) is 3.03. The normalized spacial score (nSPS) is 17.9. The highest BCUT2D eigenvalue weighted by Gasteiger charge is 2.20. The van der Waals surface area contributed by atoms with Crippen LogP contribution in [0.2, 0.25) is 0 Å². The Balaban J connectivity index is 1.90. The first kappa shape index (κ1) is 12.4. The molecule has 0 aliphatic carbocycles. The number of likely N-dealkylation sites (tertiary alicyclic amines) is 1. The predicted molar refractivity (Wildman–Crippen MR) is 77.8 cm³/mol. The van der Waals surface area contributed by atoms with Crippen LogP contribution in [0.3, 0.4) is 0 Å². The van der Waals surface area contributed by atoms with E-state index in [0.29, 0.717) is 11.7 Å². The smallest absolute Gasteiger partial charge is 0.110 e. The summed E-state index contributed by atoms with van der Waals surface area (Å²) in [4.78, 5) is 13.2. The Kier molecular flexibility index (Phi) is 3.34. The van der Waals surface area contributed by atoms with Crippen molar-refractivity contribution in [1.82, 2.24) is 9.47 Å². The van der Waals surface area contributed by atoms with Crippen LogP contribution in [0.25, 0.3) is 10.9 Å². The molecule has 3 rings (SSSR count). The van der Waals surface area contributed by atoms with Crippen molar-refractivity contribution in [3.8, 4) is 0 Å². The summed E-state index contributed by atoms with van der Waals surface area (Å²) < 4.78 is 2.32. The lowest BCUT2D eigenvalue weighted by Gasteiger charge is -2.32. The number of rotatable bonds is 3. The summed E-state index contributed by atoms with van der Waals surface area (Å²) in [5.41, 5.74) is 1.64. The summed E-state index contributed by atoms with van der Waals surface area (Å²) in [6.07, 6.45) is 4.50. The van der Waals surface area contributed by atoms with Gasteiger partial charge in [0.05, 0.1) is 5.52 Å². The number of aromatic nitrogens is 1. The van der Waals surface area contributed by atoms with Crippen molar-refractivity contribution in [3.05, 3.63) is 35.4 Å². The van der Waals surface area contributed by atoms with Crippen LogP contribution in [0.1, 0.15) is 25.8 Å². The molecular formula is C15H19N3O. The third-order valence-corrected chi connectivity index (χ3v) is 4.21. The van der Waals surface area contributed by atoms with Crippen LogP contribution in [-0.2, 0) is 0 Å². The molecule has 0 bridgehead atoms. The molecule has 1 aliphatic heterocycles. The Morgan fingerprint density at radius 1 is 1.26 bits per heavy atom. The maximum atomic E-state index is 10.7. The predicted octanol–water partition coefficient (Wildman–Crippen LogP) is 3.70. The Morgan fingerprint density at radius 3 is 2.74 bits per heavy atom. The average Bonchev–Trinajstić information content (AvgIpc) is 2.90. The lowest BCUT2D eigenvalue weighted by Crippen LogP contribution is -2.34. The SMILES string of the molecule is CCN1CCC(n2ccc3ccc(N=O)cc32)CC1. The maximum Gasteiger partial charge on any atom is 0.110 e. The van der Waals surface area contributed by atoms with Crippen LogP contribution in [-0.4, -0.2) is 29.1 Å². The van der Waals surface area contributed by atoms with E-state index in [-0.39, 0.29) is 0 Å². The van der Waals surface area contributed by atoms with Crippen molar-refractivity contribution >= 4 is 16.6 Å². The molecule has 0 amide bonds. The highest BCUT2D eigenvalue weighted by atomic mass is 16.3. The Morgan fingerprint density at radius 2 is 2.05 bits per heavy atom. The summed E-state index contributed by atoms with van der Waals surface area (Å²) in [5, 5.41) is 4.23. The van der Waals surface area contributed by atoms with Crippen molar-refractivity contribution in [2.75, 3.05) is 19.6 Å². The van der Waals surface area contributed by atoms with Crippen molar-refractivity contribution in [1.29, 1.82) is 0 Å². The number of nitroso groups, excluding NO2 is 1. The minimum absolute atomic E-state index is 0.512. The van der Waals surface area contributed by atoms with Gasteiger partial charge < -0.3 is 9.47 Å². The molecule has 4 nitrogen and oxygen atoms in total. The van der Waals surface area contributed by atoms with Crippen LogP contribution in [0.5, 0.6) is 0 Å². The Hall–Kier alpha value is -1.68. The lowest BCUT2D eigenvalue weighted by atomic mass is 10.0. The van der Waals surface area contributed by atoms with E-state index in [4.69, 9.17) is 0 Å². The molecule has 0 N–H and O–H groups in total. The van der Waals surface area contributed by atoms with Crippen molar-refractivity contribution in [2.45, 2.75) is 25.8 Å². The molecule has 1 fully saturated rings. The van der Waals surface area contributed by atoms with Gasteiger partial charge in [0.2, 0.25) is 0 Å². The molecule has 1 aliphatic rings. The van der Waals surface area contributed by atoms with Crippen molar-refractivity contribution < 1.29 is 0 Å². The first-order chi connectivity index (χ1) is 9.31. The summed E-state index contributed by atoms with van der Waals surface area (Å²) in [5.74, 6) is 0. The average molecular weight is 257 g/mol. The van der Waals surface area contributed by atoms with Gasteiger partial charge in [-0.2, -0.15) is 0 Å². The van der Waals surface area contributed by atoms with Gasteiger partial charge in [-0.15, -0.1) is 4.91 Å². The van der Waals surface area contributed by atoms with Gasteiger partial charge in [0, 0.05) is 25.3 Å². The molecule has 0 radical (unpaired) electrons. The largest absolute Gasteiger partial charge is 0.344 e. The summed E-state index contributed by atoms with van der Waals surface area (Å²) >= 11 is 0. The van der Waals surface area contributed by atoms with E-state index in [1.54, 1.807) is 6.07 Å². The minimum Gasteiger partial charge on any atom is -0.344 e. The van der Waals surface area contributed by atoms with Gasteiger partial charge in [0.25, 0.3) is 0 Å². The molecule has 1 aromatic carbocycles. The van der Waals surface area contributed by atoms with Gasteiger partial charge in [0.1, 0.15) is 5.69 Å². The van der Waals surface area contributed by atoms with E-state index in [1.807, 2.05) is 12.1 Å². The zero-order valence-electron chi connectivity index (χ0n) is 11.2. The third-order valence-electron chi connectivity index (χ3n) is 4.21. The van der Waals surface area contributed by atoms with Gasteiger partial charge in [-0.05, 0) is 48.1 Å². The second kappa shape index (κ2) is 5.13. The zero-order chi connectivity index (χ0) is 13.2. The molecule has 2 heterocycles. The van der Waals surface area contributed by atoms with E-state index in [2.05, 4.69) is 33.8 Å². The highest BCUT2D eigenvalue weighted by Crippen LogP contribution is 2.29. The molecule has 1 aromatic heterocycles. The molecule has 1 saturated heterocycles. The highest BCUT2D eigenvalue weighted by molar-refractivity contribution is 5.83. The second-order valence-electron chi connectivity index (χ2n) is 5.22. The molecule has 0 spiro atoms. The molecule has 2 aromatic rings. The number of nitrogens with zero attached hydrogens (tertiary/aromatic N) is 3. The fourth-order valence-electron chi connectivity index (χ4n) is 3.03. The van der Waals surface area contributed by atoms with E-state index < -0.39 is 0 Å². The molecule has 0 atom stereocenters. The molecule has 0 unspecified atom stereocenters. The summed E-state index contributed by atoms with van der Waals surface area (Å²) in [7, 11) is 0.